The van der Waals surface area contributed by atoms with E-state index in [2.05, 4.69) is 15.6 Å². The lowest BCUT2D eigenvalue weighted by Crippen LogP contribution is -2.12. The number of carbonyl (C=O) groups is 2. The highest BCUT2D eigenvalue weighted by Gasteiger charge is 2.29. The van der Waals surface area contributed by atoms with Gasteiger partial charge in [0.1, 0.15) is 5.82 Å². The monoisotopic (exact) mass is 415 g/mol. The molecule has 0 atom stereocenters. The Labute approximate surface area is 169 Å². The van der Waals surface area contributed by atoms with E-state index in [0.717, 1.165) is 29.0 Å². The molecule has 28 heavy (non-hydrogen) atoms. The van der Waals surface area contributed by atoms with Gasteiger partial charge in [-0.05, 0) is 49.6 Å². The van der Waals surface area contributed by atoms with E-state index < -0.39 is 0 Å². The highest BCUT2D eigenvalue weighted by Crippen LogP contribution is 2.32. The van der Waals surface area contributed by atoms with Crippen molar-refractivity contribution in [2.24, 2.45) is 5.92 Å². The molecule has 0 bridgehead atoms. The van der Waals surface area contributed by atoms with Crippen LogP contribution < -0.4 is 10.6 Å². The van der Waals surface area contributed by atoms with E-state index in [1.165, 1.54) is 34.8 Å². The van der Waals surface area contributed by atoms with Crippen LogP contribution in [0, 0.1) is 18.7 Å². The normalized spacial score (nSPS) is 13.4. The smallest absolute Gasteiger partial charge is 0.267 e. The molecule has 4 rings (SSSR count). The highest BCUT2D eigenvalue weighted by atomic mass is 32.1. The fourth-order valence-electron chi connectivity index (χ4n) is 2.69. The lowest BCUT2D eigenvalue weighted by atomic mass is 10.1. The van der Waals surface area contributed by atoms with E-state index >= 15 is 0 Å². The number of carbonyl (C=O) groups excluding carboxylic acids is 2. The van der Waals surface area contributed by atoms with Crippen LogP contribution in [-0.2, 0) is 11.2 Å². The first kappa shape index (κ1) is 18.8. The third-order valence-corrected chi connectivity index (χ3v) is 6.49. The number of thiazole rings is 1. The number of nitrogens with zero attached hydrogens (tertiary/aromatic N) is 1. The van der Waals surface area contributed by atoms with Crippen LogP contribution in [0.25, 0.3) is 0 Å². The van der Waals surface area contributed by atoms with Crippen LogP contribution in [-0.4, -0.2) is 16.8 Å². The van der Waals surface area contributed by atoms with Crippen molar-refractivity contribution in [1.82, 2.24) is 4.98 Å². The average molecular weight is 416 g/mol. The van der Waals surface area contributed by atoms with Gasteiger partial charge in [-0.2, -0.15) is 0 Å². The topological polar surface area (TPSA) is 71.1 Å². The number of rotatable bonds is 6. The van der Waals surface area contributed by atoms with Gasteiger partial charge in [-0.25, -0.2) is 9.37 Å². The lowest BCUT2D eigenvalue weighted by molar-refractivity contribution is -0.117. The van der Waals surface area contributed by atoms with Gasteiger partial charge in [0, 0.05) is 17.2 Å². The number of thiophene rings is 1. The fourth-order valence-corrected chi connectivity index (χ4v) is 4.48. The van der Waals surface area contributed by atoms with Crippen molar-refractivity contribution < 1.29 is 14.0 Å². The molecule has 144 valence electrons. The summed E-state index contributed by atoms with van der Waals surface area (Å²) in [6.07, 6.45) is 2.51. The van der Waals surface area contributed by atoms with E-state index in [0.29, 0.717) is 21.4 Å². The number of aromatic nitrogens is 1. The third kappa shape index (κ3) is 4.45. The second-order valence-electron chi connectivity index (χ2n) is 6.71. The Morgan fingerprint density at radius 3 is 2.57 bits per heavy atom. The summed E-state index contributed by atoms with van der Waals surface area (Å²) >= 11 is 2.66. The van der Waals surface area contributed by atoms with Crippen molar-refractivity contribution >= 4 is 44.6 Å². The zero-order valence-electron chi connectivity index (χ0n) is 15.1. The fraction of sp³-hybridized carbons (Fsp3) is 0.250. The van der Waals surface area contributed by atoms with Crippen LogP contribution in [0.2, 0.25) is 0 Å². The molecule has 0 saturated heterocycles. The largest absolute Gasteiger partial charge is 0.317 e. The number of hydrogen-bond donors (Lipinski definition) is 2. The minimum absolute atomic E-state index is 0.0230. The Bertz CT molecular complexity index is 1020. The zero-order chi connectivity index (χ0) is 19.7. The van der Waals surface area contributed by atoms with Crippen molar-refractivity contribution in [3.05, 3.63) is 63.2 Å². The Kier molecular flexibility index (Phi) is 5.23. The number of hydrogen-bond acceptors (Lipinski definition) is 5. The van der Waals surface area contributed by atoms with Crippen LogP contribution in [0.1, 0.15) is 38.6 Å². The van der Waals surface area contributed by atoms with Crippen molar-refractivity contribution in [3.8, 4) is 0 Å². The van der Waals surface area contributed by atoms with Gasteiger partial charge in [-0.15, -0.1) is 22.7 Å². The highest BCUT2D eigenvalue weighted by molar-refractivity contribution is 7.18. The number of aryl methyl sites for hydroxylation is 1. The Morgan fingerprint density at radius 1 is 1.11 bits per heavy atom. The third-order valence-electron chi connectivity index (χ3n) is 4.42. The molecule has 0 aliphatic heterocycles. The van der Waals surface area contributed by atoms with Crippen LogP contribution in [0.5, 0.6) is 0 Å². The quantitative estimate of drug-likeness (QED) is 0.605. The summed E-state index contributed by atoms with van der Waals surface area (Å²) in [6, 6.07) is 9.80. The molecule has 1 fully saturated rings. The Balaban J connectivity index is 1.40. The molecule has 3 aromatic rings. The van der Waals surface area contributed by atoms with Gasteiger partial charge in [-0.3, -0.25) is 14.9 Å². The lowest BCUT2D eigenvalue weighted by Gasteiger charge is -2.00. The maximum Gasteiger partial charge on any atom is 0.267 e. The molecule has 2 N–H and O–H groups in total. The van der Waals surface area contributed by atoms with Gasteiger partial charge < -0.3 is 5.32 Å². The zero-order valence-corrected chi connectivity index (χ0v) is 16.8. The number of benzene rings is 1. The van der Waals surface area contributed by atoms with E-state index in [-0.39, 0.29) is 23.5 Å². The number of amides is 2. The summed E-state index contributed by atoms with van der Waals surface area (Å²) in [6.45, 7) is 1.89. The summed E-state index contributed by atoms with van der Waals surface area (Å²) in [5, 5.41) is 6.87. The first-order valence-corrected chi connectivity index (χ1v) is 10.5. The number of anilines is 2. The van der Waals surface area contributed by atoms with Crippen molar-refractivity contribution in [2.45, 2.75) is 26.2 Å². The van der Waals surface area contributed by atoms with E-state index in [1.807, 2.05) is 6.92 Å². The van der Waals surface area contributed by atoms with Crippen LogP contribution >= 0.6 is 22.7 Å². The predicted molar refractivity (Wildman–Crippen MR) is 110 cm³/mol. The van der Waals surface area contributed by atoms with Crippen molar-refractivity contribution in [1.29, 1.82) is 0 Å². The second kappa shape index (κ2) is 7.81. The first-order chi connectivity index (χ1) is 13.5. The maximum absolute atomic E-state index is 13.0. The van der Waals surface area contributed by atoms with E-state index in [9.17, 15) is 14.0 Å². The minimum Gasteiger partial charge on any atom is -0.317 e. The Hall–Kier alpha value is -2.58. The molecule has 1 aliphatic rings. The molecule has 2 amide bonds. The molecular weight excluding hydrogens is 397 g/mol. The second-order valence-corrected chi connectivity index (χ2v) is 8.88. The first-order valence-electron chi connectivity index (χ1n) is 8.91. The summed E-state index contributed by atoms with van der Waals surface area (Å²) in [4.78, 5) is 30.3. The molecule has 0 unspecified atom stereocenters. The molecule has 2 aromatic heterocycles. The molecule has 8 heteroatoms. The van der Waals surface area contributed by atoms with Gasteiger partial charge in [0.05, 0.1) is 15.6 Å². The van der Waals surface area contributed by atoms with Crippen LogP contribution in [0.15, 0.2) is 36.4 Å². The predicted octanol–water partition coefficient (Wildman–Crippen LogP) is 4.84. The minimum atomic E-state index is -0.263. The van der Waals surface area contributed by atoms with Crippen molar-refractivity contribution in [3.63, 3.8) is 0 Å². The van der Waals surface area contributed by atoms with Crippen LogP contribution in [0.4, 0.5) is 14.5 Å². The van der Waals surface area contributed by atoms with Gasteiger partial charge in [0.15, 0.2) is 5.13 Å². The Morgan fingerprint density at radius 2 is 1.86 bits per heavy atom. The average Bonchev–Trinajstić information content (AvgIpc) is 3.33. The van der Waals surface area contributed by atoms with Crippen molar-refractivity contribution in [2.75, 3.05) is 10.6 Å². The van der Waals surface area contributed by atoms with Gasteiger partial charge in [-0.1, -0.05) is 12.1 Å². The number of nitrogens with one attached hydrogen (secondary N) is 2. The molecule has 1 saturated carbocycles. The molecule has 0 radical (unpaired) electrons. The molecular formula is C20H18FN3O2S2. The van der Waals surface area contributed by atoms with Gasteiger partial charge >= 0.3 is 0 Å². The maximum atomic E-state index is 13.0. The molecule has 2 heterocycles. The van der Waals surface area contributed by atoms with Crippen LogP contribution in [0.3, 0.4) is 0 Å². The molecule has 1 aliphatic carbocycles. The van der Waals surface area contributed by atoms with E-state index in [1.54, 1.807) is 24.3 Å². The standard InChI is InChI=1S/C20H18FN3O2S2/c1-11-16(10-12-2-6-14(21)7-3-12)28-20(22-11)24-19(26)15-8-9-17(27-15)23-18(25)13-4-5-13/h2-3,6-9,13H,4-5,10H2,1H3,(H,23,25)(H,22,24,26). The molecule has 5 nitrogen and oxygen atoms in total. The summed E-state index contributed by atoms with van der Waals surface area (Å²) < 4.78 is 13.0. The summed E-state index contributed by atoms with van der Waals surface area (Å²) in [5.74, 6) is -0.368. The summed E-state index contributed by atoms with van der Waals surface area (Å²) in [7, 11) is 0. The van der Waals surface area contributed by atoms with Gasteiger partial charge in [0.25, 0.3) is 5.91 Å². The van der Waals surface area contributed by atoms with E-state index in [4.69, 9.17) is 0 Å². The molecule has 1 aromatic carbocycles. The molecule has 0 spiro atoms. The SMILES string of the molecule is Cc1nc(NC(=O)c2ccc(NC(=O)C3CC3)s2)sc1Cc1ccc(F)cc1. The van der Waals surface area contributed by atoms with Gasteiger partial charge in [0.2, 0.25) is 5.91 Å². The summed E-state index contributed by atoms with van der Waals surface area (Å²) in [5.41, 5.74) is 1.83. The number of halogens is 1.